The topological polar surface area (TPSA) is 87.6 Å². The molecule has 1 N–H and O–H groups in total. The van der Waals surface area contributed by atoms with Crippen LogP contribution >= 0.6 is 11.6 Å². The molecule has 1 aliphatic heterocycles. The van der Waals surface area contributed by atoms with E-state index in [9.17, 15) is 14.4 Å². The Kier molecular flexibility index (Phi) is 6.76. The second-order valence-corrected chi connectivity index (χ2v) is 7.52. The second kappa shape index (κ2) is 9.28. The molecular weight excluding hydrogens is 396 g/mol. The van der Waals surface area contributed by atoms with E-state index in [0.29, 0.717) is 28.8 Å². The molecule has 0 spiro atoms. The zero-order valence-electron chi connectivity index (χ0n) is 16.6. The van der Waals surface area contributed by atoms with Crippen molar-refractivity contribution >= 4 is 23.2 Å². The smallest absolute Gasteiger partial charge is 0.329 e. The van der Waals surface area contributed by atoms with E-state index in [4.69, 9.17) is 16.3 Å². The van der Waals surface area contributed by atoms with Crippen LogP contribution in [0.1, 0.15) is 23.7 Å². The van der Waals surface area contributed by atoms with Crippen molar-refractivity contribution < 1.29 is 9.53 Å². The van der Waals surface area contributed by atoms with Crippen LogP contribution < -0.4 is 20.9 Å². The van der Waals surface area contributed by atoms with E-state index in [1.54, 1.807) is 25.2 Å². The summed E-state index contributed by atoms with van der Waals surface area (Å²) in [6, 6.07) is 6.53. The summed E-state index contributed by atoms with van der Waals surface area (Å²) in [6.45, 7) is 6.01. The number of anilines is 1. The molecule has 0 atom stereocenters. The maximum Gasteiger partial charge on any atom is 0.329 e. The minimum Gasteiger partial charge on any atom is -0.493 e. The summed E-state index contributed by atoms with van der Waals surface area (Å²) in [7, 11) is 1.66. The van der Waals surface area contributed by atoms with Crippen molar-refractivity contribution in [2.45, 2.75) is 13.3 Å². The molecular formula is C20H25ClN4O4. The van der Waals surface area contributed by atoms with Gasteiger partial charge in [-0.2, -0.15) is 0 Å². The van der Waals surface area contributed by atoms with Crippen molar-refractivity contribution in [1.82, 2.24) is 14.5 Å². The number of piperazine rings is 1. The van der Waals surface area contributed by atoms with Crippen LogP contribution in [0.5, 0.6) is 5.75 Å². The van der Waals surface area contributed by atoms with Gasteiger partial charge in [0.25, 0.3) is 5.56 Å². The molecule has 2 heterocycles. The lowest BCUT2D eigenvalue weighted by molar-refractivity contribution is 0.101. The highest BCUT2D eigenvalue weighted by Gasteiger charge is 2.19. The van der Waals surface area contributed by atoms with Crippen LogP contribution in [0.3, 0.4) is 0 Å². The van der Waals surface area contributed by atoms with E-state index in [1.165, 1.54) is 17.6 Å². The Morgan fingerprint density at radius 1 is 1.17 bits per heavy atom. The third-order valence-electron chi connectivity index (χ3n) is 5.03. The lowest BCUT2D eigenvalue weighted by atomic mass is 10.1. The quantitative estimate of drug-likeness (QED) is 0.539. The lowest BCUT2D eigenvalue weighted by Crippen LogP contribution is -2.48. The number of ketones is 1. The Hall–Kier alpha value is -2.58. The first-order valence-corrected chi connectivity index (χ1v) is 9.94. The van der Waals surface area contributed by atoms with Crippen LogP contribution in [-0.4, -0.2) is 59.6 Å². The molecule has 0 amide bonds. The number of nitrogens with one attached hydrogen (secondary N) is 1. The number of rotatable bonds is 7. The van der Waals surface area contributed by atoms with Gasteiger partial charge in [0.2, 0.25) is 0 Å². The molecule has 0 aliphatic carbocycles. The minimum atomic E-state index is -0.404. The third-order valence-corrected chi connectivity index (χ3v) is 5.27. The van der Waals surface area contributed by atoms with Crippen LogP contribution in [0.25, 0.3) is 0 Å². The van der Waals surface area contributed by atoms with E-state index < -0.39 is 5.69 Å². The maximum atomic E-state index is 11.8. The number of carbonyl (C=O) groups excluding carboxylic acids is 1. The Morgan fingerprint density at radius 3 is 2.59 bits per heavy atom. The van der Waals surface area contributed by atoms with Crippen molar-refractivity contribution in [2.75, 3.05) is 44.2 Å². The number of hydrogen-bond acceptors (Lipinski definition) is 6. The number of aromatic nitrogens is 2. The molecule has 0 bridgehead atoms. The van der Waals surface area contributed by atoms with Gasteiger partial charge in [-0.05, 0) is 31.5 Å². The Balaban J connectivity index is 1.47. The van der Waals surface area contributed by atoms with Crippen molar-refractivity contribution in [2.24, 2.45) is 7.05 Å². The molecule has 3 rings (SSSR count). The first-order chi connectivity index (χ1) is 13.8. The fourth-order valence-corrected chi connectivity index (χ4v) is 3.59. The molecule has 2 aromatic rings. The van der Waals surface area contributed by atoms with Gasteiger partial charge < -0.3 is 9.64 Å². The predicted molar refractivity (Wildman–Crippen MR) is 113 cm³/mol. The molecule has 1 aromatic carbocycles. The largest absolute Gasteiger partial charge is 0.493 e. The second-order valence-electron chi connectivity index (χ2n) is 7.08. The highest BCUT2D eigenvalue weighted by Crippen LogP contribution is 2.23. The van der Waals surface area contributed by atoms with Crippen molar-refractivity contribution in [1.29, 1.82) is 0 Å². The summed E-state index contributed by atoms with van der Waals surface area (Å²) < 4.78 is 7.25. The summed E-state index contributed by atoms with van der Waals surface area (Å²) in [5.74, 6) is 1.12. The molecule has 1 aromatic heterocycles. The molecule has 1 fully saturated rings. The number of nitrogens with zero attached hydrogens (tertiary/aromatic N) is 3. The van der Waals surface area contributed by atoms with E-state index in [1.807, 2.05) is 0 Å². The number of aromatic amines is 1. The van der Waals surface area contributed by atoms with E-state index in [-0.39, 0.29) is 11.3 Å². The van der Waals surface area contributed by atoms with Gasteiger partial charge >= 0.3 is 5.69 Å². The van der Waals surface area contributed by atoms with Crippen molar-refractivity contribution in [3.05, 3.63) is 55.7 Å². The first-order valence-electron chi connectivity index (χ1n) is 9.56. The zero-order valence-corrected chi connectivity index (χ0v) is 17.4. The molecule has 9 heteroatoms. The van der Waals surface area contributed by atoms with Gasteiger partial charge in [0.05, 0.1) is 12.2 Å². The van der Waals surface area contributed by atoms with Crippen LogP contribution in [0.2, 0.25) is 5.02 Å². The molecule has 29 heavy (non-hydrogen) atoms. The van der Waals surface area contributed by atoms with Crippen molar-refractivity contribution in [3.8, 4) is 5.75 Å². The lowest BCUT2D eigenvalue weighted by Gasteiger charge is -2.36. The Bertz CT molecular complexity index is 993. The molecule has 0 unspecified atom stereocenters. The van der Waals surface area contributed by atoms with Gasteiger partial charge in [-0.1, -0.05) is 11.6 Å². The van der Waals surface area contributed by atoms with Crippen LogP contribution in [0, 0.1) is 0 Å². The van der Waals surface area contributed by atoms with E-state index in [0.717, 1.165) is 39.1 Å². The highest BCUT2D eigenvalue weighted by molar-refractivity contribution is 6.31. The number of Topliss-reactive ketones (excluding diaryl/α,β-unsaturated/α-hetero) is 1. The van der Waals surface area contributed by atoms with Gasteiger partial charge in [-0.15, -0.1) is 0 Å². The Morgan fingerprint density at radius 2 is 1.90 bits per heavy atom. The van der Waals surface area contributed by atoms with E-state index >= 15 is 0 Å². The molecule has 156 valence electrons. The summed E-state index contributed by atoms with van der Waals surface area (Å²) in [4.78, 5) is 41.7. The van der Waals surface area contributed by atoms with E-state index in [2.05, 4.69) is 14.8 Å². The van der Waals surface area contributed by atoms with Crippen LogP contribution in [0.4, 0.5) is 5.82 Å². The maximum absolute atomic E-state index is 11.8. The average molecular weight is 421 g/mol. The number of carbonyl (C=O) groups is 1. The molecule has 0 radical (unpaired) electrons. The van der Waals surface area contributed by atoms with Crippen LogP contribution in [0.15, 0.2) is 33.9 Å². The highest BCUT2D eigenvalue weighted by atomic mass is 35.5. The van der Waals surface area contributed by atoms with Gasteiger partial charge in [0.15, 0.2) is 5.78 Å². The first kappa shape index (κ1) is 21.1. The summed E-state index contributed by atoms with van der Waals surface area (Å²) >= 11 is 5.95. The molecule has 1 saturated heterocycles. The standard InChI is InChI=1S/C20H25ClN4O4/c1-14(26)16-12-15(21)4-5-17(16)29-11-3-6-24-7-9-25(10-8-24)19-13-18(27)22-20(28)23(19)2/h4-5,12-13H,3,6-11H2,1-2H3,(H,22,27,28). The molecule has 8 nitrogen and oxygen atoms in total. The third kappa shape index (κ3) is 5.27. The average Bonchev–Trinajstić information content (AvgIpc) is 2.69. The van der Waals surface area contributed by atoms with Crippen molar-refractivity contribution in [3.63, 3.8) is 0 Å². The monoisotopic (exact) mass is 420 g/mol. The number of halogens is 1. The predicted octanol–water partition coefficient (Wildman–Crippen LogP) is 1.52. The summed E-state index contributed by atoms with van der Waals surface area (Å²) in [6.07, 6.45) is 0.823. The number of H-pyrrole nitrogens is 1. The van der Waals surface area contributed by atoms with Gasteiger partial charge in [0.1, 0.15) is 11.6 Å². The Labute approximate surface area is 173 Å². The summed E-state index contributed by atoms with van der Waals surface area (Å²) in [5, 5.41) is 0.512. The fourth-order valence-electron chi connectivity index (χ4n) is 3.42. The fraction of sp³-hybridized carbons (Fsp3) is 0.450. The zero-order chi connectivity index (χ0) is 21.0. The molecule has 0 saturated carbocycles. The summed E-state index contributed by atoms with van der Waals surface area (Å²) in [5.41, 5.74) is -0.288. The van der Waals surface area contributed by atoms with Crippen LogP contribution in [-0.2, 0) is 7.05 Å². The number of benzene rings is 1. The van der Waals surface area contributed by atoms with Gasteiger partial charge in [-0.25, -0.2) is 4.79 Å². The number of ether oxygens (including phenoxy) is 1. The number of hydrogen-bond donors (Lipinski definition) is 1. The SMILES string of the molecule is CC(=O)c1cc(Cl)ccc1OCCCN1CCN(c2cc(=O)[nH]c(=O)n2C)CC1. The van der Waals surface area contributed by atoms with Gasteiger partial charge in [0, 0.05) is 50.9 Å². The minimum absolute atomic E-state index is 0.0761. The normalized spacial score (nSPS) is 14.8. The van der Waals surface area contributed by atoms with Gasteiger partial charge in [-0.3, -0.25) is 24.0 Å². The molecule has 1 aliphatic rings.